The van der Waals surface area contributed by atoms with Gasteiger partial charge in [0.1, 0.15) is 5.75 Å². The molecule has 0 spiro atoms. The van der Waals surface area contributed by atoms with Crippen LogP contribution in [-0.2, 0) is 11.2 Å². The fourth-order valence-electron chi connectivity index (χ4n) is 2.83. The third-order valence-electron chi connectivity index (χ3n) is 3.92. The summed E-state index contributed by atoms with van der Waals surface area (Å²) in [4.78, 5) is 11.3. The fraction of sp³-hybridized carbons (Fsp3) is 0.278. The Morgan fingerprint density at radius 3 is 2.43 bits per heavy atom. The zero-order chi connectivity index (χ0) is 15.6. The molecular weight excluding hydrogens is 264 g/mol. The van der Waals surface area contributed by atoms with Gasteiger partial charge in [0, 0.05) is 5.57 Å². The normalized spacial score (nSPS) is 12.3. The van der Waals surface area contributed by atoms with Gasteiger partial charge in [-0.05, 0) is 59.4 Å². The number of rotatable bonds is 4. The molecule has 2 aromatic carbocycles. The van der Waals surface area contributed by atoms with E-state index in [1.807, 2.05) is 25.1 Å². The molecule has 0 fully saturated rings. The SMILES string of the molecule is CC/C(=C(\C)C(=O)O)c1ccc2cc(O)ccc2c1CC. The van der Waals surface area contributed by atoms with E-state index >= 15 is 0 Å². The number of allylic oxidation sites excluding steroid dienone is 1. The number of benzene rings is 2. The summed E-state index contributed by atoms with van der Waals surface area (Å²) in [5, 5.41) is 20.9. The minimum absolute atomic E-state index is 0.241. The fourth-order valence-corrected chi connectivity index (χ4v) is 2.83. The molecule has 0 aliphatic rings. The minimum atomic E-state index is -0.875. The van der Waals surface area contributed by atoms with E-state index < -0.39 is 5.97 Å². The number of aromatic hydroxyl groups is 1. The lowest BCUT2D eigenvalue weighted by Gasteiger charge is -2.15. The first-order valence-corrected chi connectivity index (χ1v) is 7.17. The maximum absolute atomic E-state index is 11.3. The van der Waals surface area contributed by atoms with Crippen LogP contribution in [0.1, 0.15) is 38.3 Å². The van der Waals surface area contributed by atoms with Crippen molar-refractivity contribution in [3.63, 3.8) is 0 Å². The second-order valence-corrected chi connectivity index (χ2v) is 5.11. The zero-order valence-corrected chi connectivity index (χ0v) is 12.6. The molecule has 0 saturated heterocycles. The molecule has 110 valence electrons. The minimum Gasteiger partial charge on any atom is -0.508 e. The molecule has 3 heteroatoms. The van der Waals surface area contributed by atoms with E-state index in [9.17, 15) is 15.0 Å². The summed E-state index contributed by atoms with van der Waals surface area (Å²) in [5.41, 5.74) is 3.39. The monoisotopic (exact) mass is 284 g/mol. The summed E-state index contributed by atoms with van der Waals surface area (Å²) in [6, 6.07) is 9.21. The Hall–Kier alpha value is -2.29. The van der Waals surface area contributed by atoms with Crippen LogP contribution >= 0.6 is 0 Å². The highest BCUT2D eigenvalue weighted by atomic mass is 16.4. The van der Waals surface area contributed by atoms with Crippen molar-refractivity contribution in [1.29, 1.82) is 0 Å². The van der Waals surface area contributed by atoms with Crippen molar-refractivity contribution in [3.05, 3.63) is 47.0 Å². The van der Waals surface area contributed by atoms with Gasteiger partial charge in [0.05, 0.1) is 0 Å². The average Bonchev–Trinajstić information content (AvgIpc) is 2.47. The van der Waals surface area contributed by atoms with Gasteiger partial charge in [-0.15, -0.1) is 0 Å². The quantitative estimate of drug-likeness (QED) is 0.819. The molecule has 21 heavy (non-hydrogen) atoms. The Labute approximate surface area is 124 Å². The highest BCUT2D eigenvalue weighted by molar-refractivity contribution is 5.99. The number of hydrogen-bond acceptors (Lipinski definition) is 2. The lowest BCUT2D eigenvalue weighted by atomic mass is 9.89. The molecule has 0 saturated carbocycles. The average molecular weight is 284 g/mol. The Bertz CT molecular complexity index is 727. The molecule has 0 aromatic heterocycles. The van der Waals surface area contributed by atoms with Gasteiger partial charge in [-0.2, -0.15) is 0 Å². The van der Waals surface area contributed by atoms with Crippen molar-refractivity contribution >= 4 is 22.3 Å². The Kier molecular flexibility index (Phi) is 4.32. The van der Waals surface area contributed by atoms with Crippen molar-refractivity contribution in [3.8, 4) is 5.75 Å². The van der Waals surface area contributed by atoms with Crippen molar-refractivity contribution in [2.24, 2.45) is 0 Å². The number of carboxylic acid groups (broad SMARTS) is 1. The van der Waals surface area contributed by atoms with E-state index in [1.165, 1.54) is 0 Å². The predicted molar refractivity (Wildman–Crippen MR) is 85.5 cm³/mol. The molecule has 0 heterocycles. The first-order valence-electron chi connectivity index (χ1n) is 7.17. The van der Waals surface area contributed by atoms with Crippen molar-refractivity contribution in [2.45, 2.75) is 33.6 Å². The molecule has 2 rings (SSSR count). The van der Waals surface area contributed by atoms with Gasteiger partial charge in [-0.3, -0.25) is 0 Å². The third-order valence-corrected chi connectivity index (χ3v) is 3.92. The molecule has 0 amide bonds. The van der Waals surface area contributed by atoms with E-state index in [-0.39, 0.29) is 5.75 Å². The second-order valence-electron chi connectivity index (χ2n) is 5.11. The largest absolute Gasteiger partial charge is 0.508 e. The summed E-state index contributed by atoms with van der Waals surface area (Å²) in [6.45, 7) is 5.69. The van der Waals surface area contributed by atoms with Crippen LogP contribution in [0.25, 0.3) is 16.3 Å². The van der Waals surface area contributed by atoms with Crippen LogP contribution < -0.4 is 0 Å². The topological polar surface area (TPSA) is 57.5 Å². The smallest absolute Gasteiger partial charge is 0.331 e. The molecule has 0 aliphatic heterocycles. The van der Waals surface area contributed by atoms with Gasteiger partial charge in [0.15, 0.2) is 0 Å². The maximum atomic E-state index is 11.3. The Balaban J connectivity index is 2.78. The van der Waals surface area contributed by atoms with Gasteiger partial charge in [0.25, 0.3) is 0 Å². The number of carboxylic acids is 1. The number of fused-ring (bicyclic) bond motifs is 1. The van der Waals surface area contributed by atoms with Gasteiger partial charge < -0.3 is 10.2 Å². The van der Waals surface area contributed by atoms with Crippen molar-refractivity contribution in [2.75, 3.05) is 0 Å². The van der Waals surface area contributed by atoms with Crippen LogP contribution in [0, 0.1) is 0 Å². The lowest BCUT2D eigenvalue weighted by molar-refractivity contribution is -0.132. The zero-order valence-electron chi connectivity index (χ0n) is 12.6. The van der Waals surface area contributed by atoms with Crippen LogP contribution in [0.2, 0.25) is 0 Å². The van der Waals surface area contributed by atoms with Crippen molar-refractivity contribution < 1.29 is 15.0 Å². The highest BCUT2D eigenvalue weighted by Crippen LogP contribution is 2.32. The summed E-state index contributed by atoms with van der Waals surface area (Å²) in [6.07, 6.45) is 1.49. The molecule has 0 atom stereocenters. The van der Waals surface area contributed by atoms with Crippen LogP contribution in [0.5, 0.6) is 5.75 Å². The van der Waals surface area contributed by atoms with Gasteiger partial charge in [-0.25, -0.2) is 4.79 Å². The van der Waals surface area contributed by atoms with Crippen LogP contribution in [0.3, 0.4) is 0 Å². The van der Waals surface area contributed by atoms with Crippen LogP contribution in [0.4, 0.5) is 0 Å². The molecule has 3 nitrogen and oxygen atoms in total. The molecule has 0 radical (unpaired) electrons. The lowest BCUT2D eigenvalue weighted by Crippen LogP contribution is -2.03. The predicted octanol–water partition coefficient (Wildman–Crippen LogP) is 4.38. The number of aliphatic carboxylic acids is 1. The molecule has 2 N–H and O–H groups in total. The summed E-state index contributed by atoms with van der Waals surface area (Å²) in [7, 11) is 0. The Morgan fingerprint density at radius 2 is 1.86 bits per heavy atom. The number of phenolic OH excluding ortho intramolecular Hbond substituents is 1. The van der Waals surface area contributed by atoms with E-state index in [2.05, 4.69) is 6.92 Å². The Morgan fingerprint density at radius 1 is 1.14 bits per heavy atom. The molecular formula is C18H20O3. The summed E-state index contributed by atoms with van der Waals surface area (Å²) in [5.74, 6) is -0.634. The maximum Gasteiger partial charge on any atom is 0.331 e. The third kappa shape index (κ3) is 2.77. The number of hydrogen-bond donors (Lipinski definition) is 2. The molecule has 2 aromatic rings. The van der Waals surface area contributed by atoms with Crippen molar-refractivity contribution in [1.82, 2.24) is 0 Å². The summed E-state index contributed by atoms with van der Waals surface area (Å²) < 4.78 is 0. The molecule has 0 bridgehead atoms. The molecule has 0 aliphatic carbocycles. The second kappa shape index (κ2) is 6.00. The number of aryl methyl sites for hydroxylation is 1. The van der Waals surface area contributed by atoms with E-state index in [1.54, 1.807) is 19.1 Å². The van der Waals surface area contributed by atoms with E-state index in [0.29, 0.717) is 12.0 Å². The van der Waals surface area contributed by atoms with Crippen LogP contribution in [0.15, 0.2) is 35.9 Å². The standard InChI is InChI=1S/C18H20O3/c1-4-14(11(3)18(20)21)17-8-6-12-10-13(19)7-9-16(12)15(17)5-2/h6-10,19H,4-5H2,1-3H3,(H,20,21)/b14-11-. The molecule has 0 unspecified atom stereocenters. The highest BCUT2D eigenvalue weighted by Gasteiger charge is 2.14. The van der Waals surface area contributed by atoms with E-state index in [0.717, 1.165) is 33.9 Å². The number of phenols is 1. The first-order chi connectivity index (χ1) is 9.99. The summed E-state index contributed by atoms with van der Waals surface area (Å²) >= 11 is 0. The van der Waals surface area contributed by atoms with Gasteiger partial charge in [-0.1, -0.05) is 32.0 Å². The first kappa shape index (κ1) is 15.1. The van der Waals surface area contributed by atoms with Crippen LogP contribution in [-0.4, -0.2) is 16.2 Å². The van der Waals surface area contributed by atoms with E-state index in [4.69, 9.17) is 0 Å². The van der Waals surface area contributed by atoms with Gasteiger partial charge in [0.2, 0.25) is 0 Å². The number of carbonyl (C=O) groups is 1. The van der Waals surface area contributed by atoms with Gasteiger partial charge >= 0.3 is 5.97 Å².